The monoisotopic (exact) mass is 227 g/mol. The van der Waals surface area contributed by atoms with Crippen LogP contribution < -0.4 is 4.74 Å². The number of ether oxygens (including phenoxy) is 2. The highest BCUT2D eigenvalue weighted by molar-refractivity contribution is 5.94. The maximum absolute atomic E-state index is 11.3. The van der Waals surface area contributed by atoms with Crippen molar-refractivity contribution in [3.63, 3.8) is 0 Å². The number of nitrogens with zero attached hydrogens (tertiary/aromatic N) is 1. The Balaban J connectivity index is 3.42. The molecule has 1 N–H and O–H groups in total. The summed E-state index contributed by atoms with van der Waals surface area (Å²) in [5.41, 5.74) is -0.813. The molecular formula is C9H9NO6. The number of methoxy groups -OCH3 is 2. The second kappa shape index (κ2) is 4.47. The molecule has 7 heteroatoms. The van der Waals surface area contributed by atoms with Crippen LogP contribution in [0.5, 0.6) is 11.5 Å². The third-order valence-electron chi connectivity index (χ3n) is 1.90. The quantitative estimate of drug-likeness (QED) is 0.471. The Morgan fingerprint density at radius 2 is 2.06 bits per heavy atom. The highest BCUT2D eigenvalue weighted by Gasteiger charge is 2.24. The predicted octanol–water partition coefficient (Wildman–Crippen LogP) is 1.10. The number of nitro benzene ring substituents is 1. The van der Waals surface area contributed by atoms with Gasteiger partial charge in [-0.15, -0.1) is 0 Å². The largest absolute Gasteiger partial charge is 0.504 e. The number of hydrogen-bond donors (Lipinski definition) is 1. The molecule has 0 aliphatic rings. The van der Waals surface area contributed by atoms with Crippen molar-refractivity contribution in [3.8, 4) is 11.5 Å². The van der Waals surface area contributed by atoms with Crippen molar-refractivity contribution < 1.29 is 24.3 Å². The molecule has 0 saturated carbocycles. The van der Waals surface area contributed by atoms with E-state index in [1.165, 1.54) is 7.11 Å². The topological polar surface area (TPSA) is 98.9 Å². The van der Waals surface area contributed by atoms with Gasteiger partial charge in [0.2, 0.25) is 0 Å². The fourth-order valence-electron chi connectivity index (χ4n) is 1.15. The smallest absolute Gasteiger partial charge is 0.345 e. The molecule has 0 aromatic heterocycles. The summed E-state index contributed by atoms with van der Waals surface area (Å²) in [4.78, 5) is 21.1. The molecule has 0 fully saturated rings. The van der Waals surface area contributed by atoms with E-state index in [4.69, 9.17) is 4.74 Å². The van der Waals surface area contributed by atoms with Crippen LogP contribution in [0.1, 0.15) is 10.4 Å². The molecule has 7 nitrogen and oxygen atoms in total. The molecule has 0 radical (unpaired) electrons. The fraction of sp³-hybridized carbons (Fsp3) is 0.222. The number of rotatable bonds is 3. The lowest BCUT2D eigenvalue weighted by molar-refractivity contribution is -0.385. The van der Waals surface area contributed by atoms with E-state index in [9.17, 15) is 20.0 Å². The van der Waals surface area contributed by atoms with Crippen molar-refractivity contribution in [2.45, 2.75) is 0 Å². The summed E-state index contributed by atoms with van der Waals surface area (Å²) in [6.45, 7) is 0. The van der Waals surface area contributed by atoms with Gasteiger partial charge >= 0.3 is 5.97 Å². The highest BCUT2D eigenvalue weighted by atomic mass is 16.6. The normalized spacial score (nSPS) is 9.62. The van der Waals surface area contributed by atoms with Crippen LogP contribution >= 0.6 is 0 Å². The molecule has 1 aromatic carbocycles. The molecule has 86 valence electrons. The van der Waals surface area contributed by atoms with Crippen LogP contribution in [0.4, 0.5) is 5.69 Å². The summed E-state index contributed by atoms with van der Waals surface area (Å²) >= 11 is 0. The van der Waals surface area contributed by atoms with E-state index in [1.54, 1.807) is 0 Å². The lowest BCUT2D eigenvalue weighted by atomic mass is 10.1. The molecular weight excluding hydrogens is 218 g/mol. The van der Waals surface area contributed by atoms with E-state index in [0.717, 1.165) is 19.2 Å². The van der Waals surface area contributed by atoms with Crippen molar-refractivity contribution >= 4 is 11.7 Å². The zero-order valence-electron chi connectivity index (χ0n) is 8.59. The Hall–Kier alpha value is -2.31. The third-order valence-corrected chi connectivity index (χ3v) is 1.90. The van der Waals surface area contributed by atoms with Gasteiger partial charge in [-0.25, -0.2) is 4.79 Å². The molecule has 0 saturated heterocycles. The van der Waals surface area contributed by atoms with Crippen molar-refractivity contribution in [2.75, 3.05) is 14.2 Å². The Kier molecular flexibility index (Phi) is 3.29. The number of carbonyl (C=O) groups is 1. The Labute approximate surface area is 90.4 Å². The van der Waals surface area contributed by atoms with Crippen molar-refractivity contribution in [1.29, 1.82) is 0 Å². The zero-order valence-corrected chi connectivity index (χ0v) is 8.59. The predicted molar refractivity (Wildman–Crippen MR) is 52.7 cm³/mol. The van der Waals surface area contributed by atoms with Crippen LogP contribution in [-0.4, -0.2) is 30.2 Å². The Morgan fingerprint density at radius 1 is 1.44 bits per heavy atom. The van der Waals surface area contributed by atoms with Gasteiger partial charge in [-0.1, -0.05) is 0 Å². The van der Waals surface area contributed by atoms with Gasteiger partial charge in [0.05, 0.1) is 25.2 Å². The van der Waals surface area contributed by atoms with Gasteiger partial charge < -0.3 is 14.6 Å². The molecule has 1 rings (SSSR count). The third kappa shape index (κ3) is 2.02. The van der Waals surface area contributed by atoms with Crippen molar-refractivity contribution in [3.05, 3.63) is 27.8 Å². The number of esters is 1. The van der Waals surface area contributed by atoms with Gasteiger partial charge in [0.1, 0.15) is 5.56 Å². The van der Waals surface area contributed by atoms with E-state index in [0.29, 0.717) is 0 Å². The molecule has 0 aliphatic heterocycles. The van der Waals surface area contributed by atoms with E-state index >= 15 is 0 Å². The van der Waals surface area contributed by atoms with Gasteiger partial charge in [0, 0.05) is 6.07 Å². The van der Waals surface area contributed by atoms with E-state index < -0.39 is 22.3 Å². The number of benzene rings is 1. The van der Waals surface area contributed by atoms with Crippen LogP contribution in [0, 0.1) is 10.1 Å². The summed E-state index contributed by atoms with van der Waals surface area (Å²) in [5.74, 6) is -1.32. The molecule has 0 amide bonds. The maximum Gasteiger partial charge on any atom is 0.345 e. The number of nitro groups is 1. The molecule has 0 atom stereocenters. The minimum Gasteiger partial charge on any atom is -0.504 e. The molecule has 0 spiro atoms. The fourth-order valence-corrected chi connectivity index (χ4v) is 1.15. The number of phenols is 1. The summed E-state index contributed by atoms with van der Waals surface area (Å²) in [6.07, 6.45) is 0. The average molecular weight is 227 g/mol. The number of carbonyl (C=O) groups excluding carboxylic acids is 1. The summed E-state index contributed by atoms with van der Waals surface area (Å²) in [6, 6.07) is 1.89. The van der Waals surface area contributed by atoms with Gasteiger partial charge in [-0.3, -0.25) is 10.1 Å². The minimum absolute atomic E-state index is 0.0361. The van der Waals surface area contributed by atoms with Crippen molar-refractivity contribution in [1.82, 2.24) is 0 Å². The standard InChI is InChI=1S/C9H9NO6/c1-15-8-3-5(9(12)16-2)6(10(13)14)4-7(8)11/h3-4,11H,1-2H3. The molecule has 0 aliphatic carbocycles. The molecule has 16 heavy (non-hydrogen) atoms. The molecule has 0 bridgehead atoms. The highest BCUT2D eigenvalue weighted by Crippen LogP contribution is 2.33. The lowest BCUT2D eigenvalue weighted by Gasteiger charge is -2.06. The average Bonchev–Trinajstić information content (AvgIpc) is 2.27. The number of aromatic hydroxyl groups is 1. The minimum atomic E-state index is -0.870. The first kappa shape index (κ1) is 11.8. The first-order valence-corrected chi connectivity index (χ1v) is 4.15. The summed E-state index contributed by atoms with van der Waals surface area (Å²) in [7, 11) is 2.37. The van der Waals surface area contributed by atoms with E-state index in [1.807, 2.05) is 0 Å². The van der Waals surface area contributed by atoms with Crippen LogP contribution in [0.25, 0.3) is 0 Å². The van der Waals surface area contributed by atoms with Crippen LogP contribution in [0.15, 0.2) is 12.1 Å². The van der Waals surface area contributed by atoms with E-state index in [-0.39, 0.29) is 11.3 Å². The summed E-state index contributed by atoms with van der Waals surface area (Å²) < 4.78 is 9.12. The molecule has 0 heterocycles. The first-order chi connectivity index (χ1) is 7.51. The van der Waals surface area contributed by atoms with Gasteiger partial charge in [0.15, 0.2) is 11.5 Å². The molecule has 0 unspecified atom stereocenters. The summed E-state index contributed by atoms with van der Waals surface area (Å²) in [5, 5.41) is 20.0. The van der Waals surface area contributed by atoms with Gasteiger partial charge in [-0.05, 0) is 0 Å². The lowest BCUT2D eigenvalue weighted by Crippen LogP contribution is -2.06. The second-order valence-corrected chi connectivity index (χ2v) is 2.79. The number of phenolic OH excluding ortho intramolecular Hbond substituents is 1. The van der Waals surface area contributed by atoms with Crippen LogP contribution in [0.3, 0.4) is 0 Å². The zero-order chi connectivity index (χ0) is 12.3. The Morgan fingerprint density at radius 3 is 2.50 bits per heavy atom. The van der Waals surface area contributed by atoms with Crippen LogP contribution in [0.2, 0.25) is 0 Å². The molecule has 1 aromatic rings. The van der Waals surface area contributed by atoms with Crippen molar-refractivity contribution in [2.24, 2.45) is 0 Å². The Bertz CT molecular complexity index is 442. The first-order valence-electron chi connectivity index (χ1n) is 4.15. The maximum atomic E-state index is 11.3. The van der Waals surface area contributed by atoms with Crippen LogP contribution in [-0.2, 0) is 4.74 Å². The number of hydrogen-bond acceptors (Lipinski definition) is 6. The van der Waals surface area contributed by atoms with E-state index in [2.05, 4.69) is 4.74 Å². The second-order valence-electron chi connectivity index (χ2n) is 2.79. The van der Waals surface area contributed by atoms with Gasteiger partial charge in [-0.2, -0.15) is 0 Å². The van der Waals surface area contributed by atoms with Gasteiger partial charge in [0.25, 0.3) is 5.69 Å². The SMILES string of the molecule is COC(=O)c1cc(OC)c(O)cc1[N+](=O)[O-].